The number of rotatable bonds is 8. The molecule has 0 bridgehead atoms. The molecule has 7 nitrogen and oxygen atoms in total. The first-order valence-electron chi connectivity index (χ1n) is 14.8. The lowest BCUT2D eigenvalue weighted by Gasteiger charge is -2.49. The first-order chi connectivity index (χ1) is 19.6. The van der Waals surface area contributed by atoms with Gasteiger partial charge in [-0.25, -0.2) is 4.98 Å². The summed E-state index contributed by atoms with van der Waals surface area (Å²) in [5, 5.41) is 13.3. The van der Waals surface area contributed by atoms with Crippen molar-refractivity contribution in [2.45, 2.75) is 82.9 Å². The van der Waals surface area contributed by atoms with Crippen molar-refractivity contribution < 1.29 is 14.7 Å². The minimum atomic E-state index is -0.705. The minimum Gasteiger partial charge on any atom is -0.390 e. The summed E-state index contributed by atoms with van der Waals surface area (Å²) in [6.45, 7) is 6.22. The molecular weight excluding hydrogens is 512 g/mol. The number of nitrogens with one attached hydrogen (secondary N) is 1. The van der Waals surface area contributed by atoms with E-state index in [-0.39, 0.29) is 17.9 Å². The quantitative estimate of drug-likeness (QED) is 0.323. The molecule has 2 aliphatic carbocycles. The van der Waals surface area contributed by atoms with Crippen LogP contribution >= 0.6 is 0 Å². The summed E-state index contributed by atoms with van der Waals surface area (Å²) in [5.74, 6) is 0.952. The molecule has 2 amide bonds. The number of pyridine rings is 1. The first kappa shape index (κ1) is 29.0. The molecular formula is C34H42N4O3. The highest BCUT2D eigenvalue weighted by molar-refractivity contribution is 5.92. The van der Waals surface area contributed by atoms with Crippen molar-refractivity contribution in [1.29, 1.82) is 0 Å². The Morgan fingerprint density at radius 2 is 1.63 bits per heavy atom. The highest BCUT2D eigenvalue weighted by Crippen LogP contribution is 2.46. The molecule has 0 unspecified atom stereocenters. The highest BCUT2D eigenvalue weighted by Gasteiger charge is 2.49. The summed E-state index contributed by atoms with van der Waals surface area (Å²) in [5.41, 5.74) is 10.4. The number of anilines is 1. The Kier molecular flexibility index (Phi) is 8.30. The fourth-order valence-corrected chi connectivity index (χ4v) is 6.96. The predicted molar refractivity (Wildman–Crippen MR) is 163 cm³/mol. The summed E-state index contributed by atoms with van der Waals surface area (Å²) in [7, 11) is 0. The number of aliphatic hydroxyl groups is 1. The highest BCUT2D eigenvalue weighted by atomic mass is 16.3. The van der Waals surface area contributed by atoms with Gasteiger partial charge in [0.25, 0.3) is 0 Å². The topological polar surface area (TPSA) is 109 Å². The third-order valence-corrected chi connectivity index (χ3v) is 8.90. The molecule has 2 aliphatic rings. The number of nitrogens with two attached hydrogens (primary N) is 1. The lowest BCUT2D eigenvalue weighted by atomic mass is 9.63. The molecule has 1 aromatic heterocycles. The van der Waals surface area contributed by atoms with Gasteiger partial charge in [0.05, 0.1) is 5.60 Å². The van der Waals surface area contributed by atoms with Gasteiger partial charge in [-0.2, -0.15) is 0 Å². The molecule has 7 heteroatoms. The van der Waals surface area contributed by atoms with E-state index >= 15 is 0 Å². The van der Waals surface area contributed by atoms with Crippen LogP contribution in [0.1, 0.15) is 71.3 Å². The standard InChI is InChI=1S/C34H42N4O3/c1-4-38(23(2)39)28-16-10-24(11-17-28)18-32(40)37-31-19-29(25-8-6-5-7-9-25)30(20-36-31)26-12-14-27(15-13-26)34(35)21-33(3,41)22-34/h5-9,12-15,19-20,24,28,41H,4,10-11,16-18,21-22,35H2,1-3H3,(H,36,37,40). The maximum Gasteiger partial charge on any atom is 0.225 e. The molecule has 2 aromatic carbocycles. The van der Waals surface area contributed by atoms with Crippen LogP contribution in [0, 0.1) is 5.92 Å². The Labute approximate surface area is 243 Å². The van der Waals surface area contributed by atoms with Crippen LogP contribution in [0.5, 0.6) is 0 Å². The number of aromatic nitrogens is 1. The maximum atomic E-state index is 13.0. The molecule has 0 saturated heterocycles. The van der Waals surface area contributed by atoms with Crippen LogP contribution in [-0.2, 0) is 15.1 Å². The van der Waals surface area contributed by atoms with Gasteiger partial charge in [0, 0.05) is 43.2 Å². The third-order valence-electron chi connectivity index (χ3n) is 8.90. The Bertz CT molecular complexity index is 1370. The van der Waals surface area contributed by atoms with E-state index in [1.165, 1.54) is 0 Å². The second-order valence-electron chi connectivity index (χ2n) is 12.3. The van der Waals surface area contributed by atoms with E-state index < -0.39 is 11.1 Å². The Morgan fingerprint density at radius 3 is 2.22 bits per heavy atom. The van der Waals surface area contributed by atoms with E-state index in [1.54, 1.807) is 6.92 Å². The second kappa shape index (κ2) is 11.7. The van der Waals surface area contributed by atoms with E-state index in [9.17, 15) is 14.7 Å². The number of hydrogen-bond acceptors (Lipinski definition) is 5. The number of amides is 2. The second-order valence-corrected chi connectivity index (χ2v) is 12.3. The number of nitrogens with zero attached hydrogens (tertiary/aromatic N) is 2. The van der Waals surface area contributed by atoms with E-state index in [2.05, 4.69) is 34.6 Å². The number of hydrogen-bond donors (Lipinski definition) is 3. The fraction of sp³-hybridized carbons (Fsp3) is 0.441. The fourth-order valence-electron chi connectivity index (χ4n) is 6.96. The maximum absolute atomic E-state index is 13.0. The van der Waals surface area contributed by atoms with Crippen molar-refractivity contribution >= 4 is 17.6 Å². The number of carbonyl (C=O) groups excluding carboxylic acids is 2. The molecule has 2 fully saturated rings. The zero-order chi connectivity index (χ0) is 29.2. The monoisotopic (exact) mass is 554 g/mol. The van der Waals surface area contributed by atoms with Crippen LogP contribution in [0.2, 0.25) is 0 Å². The van der Waals surface area contributed by atoms with Crippen molar-refractivity contribution in [3.63, 3.8) is 0 Å². The van der Waals surface area contributed by atoms with Crippen LogP contribution in [0.25, 0.3) is 22.3 Å². The van der Waals surface area contributed by atoms with Crippen LogP contribution < -0.4 is 11.1 Å². The average Bonchev–Trinajstić information content (AvgIpc) is 2.93. The molecule has 4 N–H and O–H groups in total. The molecule has 216 valence electrons. The smallest absolute Gasteiger partial charge is 0.225 e. The van der Waals surface area contributed by atoms with E-state index in [0.717, 1.165) is 60.0 Å². The Balaban J connectivity index is 1.29. The summed E-state index contributed by atoms with van der Waals surface area (Å²) >= 11 is 0. The van der Waals surface area contributed by atoms with Crippen LogP contribution in [-0.4, -0.2) is 45.0 Å². The molecule has 0 aliphatic heterocycles. The molecule has 0 atom stereocenters. The van der Waals surface area contributed by atoms with E-state index in [1.807, 2.05) is 61.3 Å². The Hall–Kier alpha value is -3.55. The summed E-state index contributed by atoms with van der Waals surface area (Å²) < 4.78 is 0. The molecule has 41 heavy (non-hydrogen) atoms. The average molecular weight is 555 g/mol. The summed E-state index contributed by atoms with van der Waals surface area (Å²) in [6, 6.07) is 20.5. The van der Waals surface area contributed by atoms with Gasteiger partial charge in [-0.15, -0.1) is 0 Å². The van der Waals surface area contributed by atoms with Crippen LogP contribution in [0.15, 0.2) is 66.9 Å². The van der Waals surface area contributed by atoms with Crippen molar-refractivity contribution in [3.8, 4) is 22.3 Å². The molecule has 3 aromatic rings. The van der Waals surface area contributed by atoms with Gasteiger partial charge < -0.3 is 21.1 Å². The molecule has 0 radical (unpaired) electrons. The van der Waals surface area contributed by atoms with Gasteiger partial charge in [-0.3, -0.25) is 9.59 Å². The van der Waals surface area contributed by atoms with E-state index in [0.29, 0.717) is 31.0 Å². The van der Waals surface area contributed by atoms with Gasteiger partial charge in [0.1, 0.15) is 5.82 Å². The molecule has 5 rings (SSSR count). The van der Waals surface area contributed by atoms with Gasteiger partial charge in [0.2, 0.25) is 11.8 Å². The first-order valence-corrected chi connectivity index (χ1v) is 14.8. The van der Waals surface area contributed by atoms with Gasteiger partial charge in [0.15, 0.2) is 0 Å². The predicted octanol–water partition coefficient (Wildman–Crippen LogP) is 5.87. The zero-order valence-electron chi connectivity index (χ0n) is 24.4. The molecule has 1 heterocycles. The van der Waals surface area contributed by atoms with Gasteiger partial charge >= 0.3 is 0 Å². The van der Waals surface area contributed by atoms with Gasteiger partial charge in [-0.05, 0) is 86.6 Å². The largest absolute Gasteiger partial charge is 0.390 e. The SMILES string of the molecule is CCN(C(C)=O)C1CCC(CC(=O)Nc2cc(-c3ccccc3)c(-c3ccc(C4(N)CC(C)(O)C4)cc3)cn2)CC1. The summed E-state index contributed by atoms with van der Waals surface area (Å²) in [6.07, 6.45) is 7.15. The molecule has 2 saturated carbocycles. The minimum absolute atomic E-state index is 0.0272. The number of benzene rings is 2. The van der Waals surface area contributed by atoms with Crippen molar-refractivity contribution in [2.24, 2.45) is 11.7 Å². The lowest BCUT2D eigenvalue weighted by Crippen LogP contribution is -2.58. The van der Waals surface area contributed by atoms with Crippen LogP contribution in [0.4, 0.5) is 5.82 Å². The van der Waals surface area contributed by atoms with Crippen molar-refractivity contribution in [2.75, 3.05) is 11.9 Å². The van der Waals surface area contributed by atoms with Crippen LogP contribution in [0.3, 0.4) is 0 Å². The number of carbonyl (C=O) groups is 2. The normalized spacial score (nSPS) is 25.7. The Morgan fingerprint density at radius 1 is 1.00 bits per heavy atom. The van der Waals surface area contributed by atoms with E-state index in [4.69, 9.17) is 5.73 Å². The molecule has 0 spiro atoms. The van der Waals surface area contributed by atoms with Crippen molar-refractivity contribution in [1.82, 2.24) is 9.88 Å². The van der Waals surface area contributed by atoms with Crippen molar-refractivity contribution in [3.05, 3.63) is 72.4 Å². The third kappa shape index (κ3) is 6.52. The zero-order valence-corrected chi connectivity index (χ0v) is 24.4. The summed E-state index contributed by atoms with van der Waals surface area (Å²) in [4.78, 5) is 31.5. The lowest BCUT2D eigenvalue weighted by molar-refractivity contribution is -0.132. The van der Waals surface area contributed by atoms with Gasteiger partial charge in [-0.1, -0.05) is 54.6 Å².